The smallest absolute Gasteiger partial charge is 0.223 e. The van der Waals surface area contributed by atoms with Gasteiger partial charge >= 0.3 is 0 Å². The van der Waals surface area contributed by atoms with E-state index in [0.717, 1.165) is 24.4 Å². The van der Waals surface area contributed by atoms with Gasteiger partial charge in [0, 0.05) is 29.8 Å². The van der Waals surface area contributed by atoms with Crippen molar-refractivity contribution in [2.75, 3.05) is 0 Å². The molecule has 188 valence electrons. The van der Waals surface area contributed by atoms with Crippen molar-refractivity contribution in [3.8, 4) is 11.3 Å². The van der Waals surface area contributed by atoms with Crippen LogP contribution in [-0.4, -0.2) is 36.8 Å². The number of piperidine rings is 1. The van der Waals surface area contributed by atoms with E-state index in [2.05, 4.69) is 64.2 Å². The van der Waals surface area contributed by atoms with Gasteiger partial charge in [-0.1, -0.05) is 38.1 Å². The summed E-state index contributed by atoms with van der Waals surface area (Å²) in [6.45, 7) is 4.40. The maximum absolute atomic E-state index is 13.0. The molecule has 5 aliphatic rings. The fourth-order valence-corrected chi connectivity index (χ4v) is 8.06. The summed E-state index contributed by atoms with van der Waals surface area (Å²) in [7, 11) is 0. The zero-order chi connectivity index (χ0) is 24.5. The molecule has 3 aromatic rings. The van der Waals surface area contributed by atoms with Gasteiger partial charge in [0.1, 0.15) is 5.82 Å². The van der Waals surface area contributed by atoms with Crippen molar-refractivity contribution in [3.05, 3.63) is 60.1 Å². The summed E-state index contributed by atoms with van der Waals surface area (Å²) < 4.78 is 0. The third kappa shape index (κ3) is 3.25. The van der Waals surface area contributed by atoms with Crippen molar-refractivity contribution in [1.29, 1.82) is 0 Å². The topological polar surface area (TPSA) is 77.7 Å². The van der Waals surface area contributed by atoms with Crippen LogP contribution in [0.25, 0.3) is 11.3 Å². The van der Waals surface area contributed by atoms with Crippen molar-refractivity contribution < 1.29 is 4.79 Å². The second-order valence-corrected chi connectivity index (χ2v) is 12.1. The first-order valence-corrected chi connectivity index (χ1v) is 14.0. The van der Waals surface area contributed by atoms with Crippen LogP contribution in [0.2, 0.25) is 0 Å². The number of nitrogens with zero attached hydrogens (tertiary/aromatic N) is 3. The Labute approximate surface area is 213 Å². The van der Waals surface area contributed by atoms with Crippen molar-refractivity contribution in [1.82, 2.24) is 24.8 Å². The van der Waals surface area contributed by atoms with Crippen molar-refractivity contribution in [3.63, 3.8) is 0 Å². The number of rotatable bonds is 6. The molecular formula is C30H37N5O. The number of amides is 1. The quantitative estimate of drug-likeness (QED) is 0.448. The summed E-state index contributed by atoms with van der Waals surface area (Å²) in [5, 5.41) is 0. The van der Waals surface area contributed by atoms with Crippen LogP contribution in [-0.2, 0) is 15.6 Å². The molecule has 6 heteroatoms. The molecule has 4 unspecified atom stereocenters. The van der Waals surface area contributed by atoms with Crippen molar-refractivity contribution in [2.24, 2.45) is 11.8 Å². The second kappa shape index (κ2) is 8.06. The van der Waals surface area contributed by atoms with Gasteiger partial charge in [0.15, 0.2) is 0 Å². The minimum Gasteiger partial charge on any atom is -0.345 e. The van der Waals surface area contributed by atoms with Crippen LogP contribution >= 0.6 is 0 Å². The highest BCUT2D eigenvalue weighted by molar-refractivity contribution is 5.78. The Hall–Kier alpha value is -2.89. The lowest BCUT2D eigenvalue weighted by Gasteiger charge is -2.53. The number of nitrogens with one attached hydrogen (secondary N) is 2. The molecule has 5 fully saturated rings. The first-order valence-electron chi connectivity index (χ1n) is 14.0. The van der Waals surface area contributed by atoms with E-state index in [4.69, 9.17) is 4.98 Å². The van der Waals surface area contributed by atoms with Crippen LogP contribution in [0, 0.1) is 11.8 Å². The van der Waals surface area contributed by atoms with Gasteiger partial charge in [-0.15, -0.1) is 0 Å². The van der Waals surface area contributed by atoms with Gasteiger partial charge in [-0.2, -0.15) is 0 Å². The second-order valence-electron chi connectivity index (χ2n) is 12.1. The lowest BCUT2D eigenvalue weighted by Crippen LogP contribution is -2.46. The summed E-state index contributed by atoms with van der Waals surface area (Å²) in [5.41, 5.74) is 5.61. The van der Waals surface area contributed by atoms with Crippen molar-refractivity contribution in [2.45, 2.75) is 94.5 Å². The normalized spacial score (nSPS) is 34.7. The largest absolute Gasteiger partial charge is 0.345 e. The number of carbonyl (C=O) groups excluding carboxylic acids is 1. The predicted octanol–water partition coefficient (Wildman–Crippen LogP) is 6.05. The number of aromatic amines is 2. The lowest BCUT2D eigenvalue weighted by atomic mass is 9.51. The molecule has 36 heavy (non-hydrogen) atoms. The number of imidazole rings is 2. The molecule has 6 nitrogen and oxygen atoms in total. The first kappa shape index (κ1) is 22.3. The third-order valence-corrected chi connectivity index (χ3v) is 10.5. The highest BCUT2D eigenvalue weighted by Crippen LogP contribution is 2.60. The van der Waals surface area contributed by atoms with Crippen LogP contribution in [0.1, 0.15) is 94.8 Å². The lowest BCUT2D eigenvalue weighted by molar-refractivity contribution is -0.133. The van der Waals surface area contributed by atoms with E-state index in [1.54, 1.807) is 6.33 Å². The Morgan fingerprint density at radius 2 is 1.78 bits per heavy atom. The number of carbonyl (C=O) groups is 1. The molecule has 4 saturated carbocycles. The summed E-state index contributed by atoms with van der Waals surface area (Å²) >= 11 is 0. The minimum absolute atomic E-state index is 0.139. The molecule has 1 amide bonds. The first-order chi connectivity index (χ1) is 17.5. The molecule has 1 aliphatic heterocycles. The van der Waals surface area contributed by atoms with Crippen LogP contribution < -0.4 is 0 Å². The van der Waals surface area contributed by atoms with Gasteiger partial charge in [-0.05, 0) is 79.7 Å². The average Bonchev–Trinajstić information content (AvgIpc) is 3.47. The monoisotopic (exact) mass is 483 g/mol. The number of hydrogen-bond donors (Lipinski definition) is 2. The molecule has 4 atom stereocenters. The van der Waals surface area contributed by atoms with Gasteiger partial charge in [-0.25, -0.2) is 9.97 Å². The van der Waals surface area contributed by atoms with E-state index >= 15 is 0 Å². The molecule has 0 spiro atoms. The molecule has 2 bridgehead atoms. The highest BCUT2D eigenvalue weighted by Gasteiger charge is 2.60. The Kier molecular flexibility index (Phi) is 4.99. The summed E-state index contributed by atoms with van der Waals surface area (Å²) in [4.78, 5) is 31.2. The van der Waals surface area contributed by atoms with Crippen LogP contribution in [0.3, 0.4) is 0 Å². The number of fused-ring (bicyclic) bond motifs is 4. The third-order valence-electron chi connectivity index (χ3n) is 10.5. The molecule has 2 aromatic heterocycles. The fraction of sp³-hybridized carbons (Fsp3) is 0.567. The van der Waals surface area contributed by atoms with Crippen LogP contribution in [0.15, 0.2) is 43.0 Å². The summed E-state index contributed by atoms with van der Waals surface area (Å²) in [6, 6.07) is 9.75. The zero-order valence-electron chi connectivity index (χ0n) is 21.5. The van der Waals surface area contributed by atoms with E-state index in [1.165, 1.54) is 55.3 Å². The predicted molar refractivity (Wildman–Crippen MR) is 139 cm³/mol. The Morgan fingerprint density at radius 3 is 2.44 bits per heavy atom. The number of likely N-dealkylation sites (tertiary alicyclic amines) is 1. The molecule has 4 aliphatic carbocycles. The van der Waals surface area contributed by atoms with E-state index in [9.17, 15) is 4.79 Å². The summed E-state index contributed by atoms with van der Waals surface area (Å²) in [5.74, 6) is 2.65. The van der Waals surface area contributed by atoms with Gasteiger partial charge in [0.25, 0.3) is 0 Å². The van der Waals surface area contributed by atoms with Gasteiger partial charge < -0.3 is 14.9 Å². The standard InChI is InChI=1S/C30H37N5O/c1-3-4-26(36)35-24(15-22-19(2)27(22)35)28-32-17-25(34-28)30-12-9-29(10-13-30,11-14-30)21-7-5-20(6-8-21)23-16-31-18-33-23/h5-8,16-19,22,24,27H,3-4,9-15H2,1-2H3,(H,31,33)(H,32,34). The molecule has 1 aromatic carbocycles. The van der Waals surface area contributed by atoms with E-state index in [-0.39, 0.29) is 11.5 Å². The number of benzene rings is 1. The number of H-pyrrole nitrogens is 2. The molecule has 3 heterocycles. The maximum Gasteiger partial charge on any atom is 0.223 e. The summed E-state index contributed by atoms with van der Waals surface area (Å²) in [6.07, 6.45) is 15.7. The Balaban J connectivity index is 1.08. The molecular weight excluding hydrogens is 446 g/mol. The van der Waals surface area contributed by atoms with E-state index in [1.807, 2.05) is 6.20 Å². The van der Waals surface area contributed by atoms with Crippen LogP contribution in [0.5, 0.6) is 0 Å². The van der Waals surface area contributed by atoms with Gasteiger partial charge in [-0.3, -0.25) is 4.79 Å². The van der Waals surface area contributed by atoms with Crippen LogP contribution in [0.4, 0.5) is 0 Å². The molecule has 8 rings (SSSR count). The Bertz CT molecular complexity index is 1230. The highest BCUT2D eigenvalue weighted by atomic mass is 16.2. The molecule has 2 N–H and O–H groups in total. The fourth-order valence-electron chi connectivity index (χ4n) is 8.06. The zero-order valence-corrected chi connectivity index (χ0v) is 21.5. The van der Waals surface area contributed by atoms with Gasteiger partial charge in [0.2, 0.25) is 5.91 Å². The van der Waals surface area contributed by atoms with Gasteiger partial charge in [0.05, 0.1) is 24.3 Å². The maximum atomic E-state index is 13.0. The molecule has 0 radical (unpaired) electrons. The number of hydrogen-bond acceptors (Lipinski definition) is 3. The SMILES string of the molecule is CCCC(=O)N1C(c2ncc(C34CCC(c5ccc(-c6cnc[nH]6)cc5)(CC3)CC4)[nH]2)CC2C(C)C21. The minimum atomic E-state index is 0.139. The Morgan fingerprint density at radius 1 is 1.06 bits per heavy atom. The average molecular weight is 484 g/mol. The van der Waals surface area contributed by atoms with E-state index in [0.29, 0.717) is 35.6 Å². The molecule has 1 saturated heterocycles. The number of aromatic nitrogens is 4. The van der Waals surface area contributed by atoms with Crippen molar-refractivity contribution >= 4 is 5.91 Å². The van der Waals surface area contributed by atoms with E-state index < -0.39 is 0 Å².